The van der Waals surface area contributed by atoms with Gasteiger partial charge in [-0.25, -0.2) is 4.79 Å². The molecule has 0 aromatic carbocycles. The van der Waals surface area contributed by atoms with Crippen LogP contribution >= 0.6 is 0 Å². The van der Waals surface area contributed by atoms with E-state index in [2.05, 4.69) is 0 Å². The molecule has 1 saturated carbocycles. The van der Waals surface area contributed by atoms with Crippen molar-refractivity contribution in [2.75, 3.05) is 26.8 Å². The number of nitrogens with zero attached hydrogens (tertiary/aromatic N) is 1. The number of likely N-dealkylation sites (tertiary alicyclic amines) is 1. The van der Waals surface area contributed by atoms with Gasteiger partial charge in [-0.05, 0) is 50.0 Å². The number of allylic oxidation sites excluding steroid dienone is 1. The van der Waals surface area contributed by atoms with Crippen molar-refractivity contribution >= 4 is 23.5 Å². The normalized spacial score (nSPS) is 40.8. The van der Waals surface area contributed by atoms with E-state index in [1.165, 1.54) is 14.0 Å². The first kappa shape index (κ1) is 26.1. The summed E-state index contributed by atoms with van der Waals surface area (Å²) >= 11 is 0. The molecule has 2 aliphatic heterocycles. The van der Waals surface area contributed by atoms with Crippen molar-refractivity contribution in [1.82, 2.24) is 4.90 Å². The molecular weight excluding hydrogens is 478 g/mol. The summed E-state index contributed by atoms with van der Waals surface area (Å²) in [4.78, 5) is 55.6. The van der Waals surface area contributed by atoms with Crippen LogP contribution < -0.4 is 0 Å². The number of ketones is 2. The summed E-state index contributed by atoms with van der Waals surface area (Å²) in [6.07, 6.45) is 3.74. The molecule has 0 amide bonds. The molecule has 1 N–H and O–H groups in total. The van der Waals surface area contributed by atoms with Gasteiger partial charge in [-0.1, -0.05) is 13.8 Å². The van der Waals surface area contributed by atoms with Crippen LogP contribution in [0.15, 0.2) is 22.9 Å². The van der Waals surface area contributed by atoms with E-state index in [1.54, 1.807) is 6.20 Å². The van der Waals surface area contributed by atoms with E-state index in [4.69, 9.17) is 14.2 Å². The Morgan fingerprint density at radius 1 is 1.16 bits per heavy atom. The van der Waals surface area contributed by atoms with Crippen molar-refractivity contribution in [3.8, 4) is 0 Å². The fourth-order valence-corrected chi connectivity index (χ4v) is 7.73. The molecule has 5 rings (SSSR count). The maximum atomic E-state index is 14.0. The molecule has 0 spiro atoms. The van der Waals surface area contributed by atoms with Crippen molar-refractivity contribution in [3.05, 3.63) is 22.9 Å². The van der Waals surface area contributed by atoms with Crippen LogP contribution in [0.3, 0.4) is 0 Å². The van der Waals surface area contributed by atoms with Crippen LogP contribution in [0.4, 0.5) is 0 Å². The number of carbonyl (C=O) groups excluding carboxylic acids is 4. The molecule has 2 saturated heterocycles. The Labute approximate surface area is 217 Å². The third-order valence-corrected chi connectivity index (χ3v) is 9.59. The van der Waals surface area contributed by atoms with Gasteiger partial charge in [0, 0.05) is 49.7 Å². The average molecular weight is 516 g/mol. The van der Waals surface area contributed by atoms with Crippen molar-refractivity contribution in [2.24, 2.45) is 22.7 Å². The van der Waals surface area contributed by atoms with E-state index in [-0.39, 0.29) is 18.1 Å². The maximum absolute atomic E-state index is 14.0. The van der Waals surface area contributed by atoms with Gasteiger partial charge in [0.05, 0.1) is 24.2 Å². The van der Waals surface area contributed by atoms with Gasteiger partial charge in [0.15, 0.2) is 0 Å². The summed E-state index contributed by atoms with van der Waals surface area (Å²) in [7, 11) is 1.49. The summed E-state index contributed by atoms with van der Waals surface area (Å²) in [5.41, 5.74) is -0.819. The molecule has 2 unspecified atom stereocenters. The van der Waals surface area contributed by atoms with E-state index in [9.17, 15) is 24.3 Å². The molecule has 9 heteroatoms. The molecule has 5 aliphatic rings. The van der Waals surface area contributed by atoms with Crippen LogP contribution in [0.25, 0.3) is 0 Å². The molecule has 37 heavy (non-hydrogen) atoms. The lowest BCUT2D eigenvalue weighted by molar-refractivity contribution is -0.175. The highest BCUT2D eigenvalue weighted by Gasteiger charge is 2.67. The lowest BCUT2D eigenvalue weighted by atomic mass is 9.50. The summed E-state index contributed by atoms with van der Waals surface area (Å²) < 4.78 is 17.2. The third kappa shape index (κ3) is 3.88. The number of Topliss-reactive ketones (excluding diaryl/α,β-unsaturated/α-hetero) is 2. The quantitative estimate of drug-likeness (QED) is 0.341. The molecule has 0 bridgehead atoms. The Morgan fingerprint density at radius 2 is 1.86 bits per heavy atom. The van der Waals surface area contributed by atoms with Gasteiger partial charge in [0.1, 0.15) is 12.2 Å². The summed E-state index contributed by atoms with van der Waals surface area (Å²) in [5.74, 6) is -3.86. The Balaban J connectivity index is 1.73. The first-order valence-electron chi connectivity index (χ1n) is 13.4. The first-order chi connectivity index (χ1) is 17.5. The van der Waals surface area contributed by atoms with Crippen molar-refractivity contribution in [1.29, 1.82) is 0 Å². The smallest absolute Gasteiger partial charge is 0.336 e. The van der Waals surface area contributed by atoms with Crippen LogP contribution in [0.5, 0.6) is 0 Å². The van der Waals surface area contributed by atoms with Gasteiger partial charge >= 0.3 is 11.9 Å². The second-order valence-electron chi connectivity index (χ2n) is 11.7. The number of aliphatic hydroxyl groups excluding tert-OH is 1. The highest BCUT2D eigenvalue weighted by atomic mass is 16.6. The third-order valence-electron chi connectivity index (χ3n) is 9.59. The van der Waals surface area contributed by atoms with E-state index in [0.29, 0.717) is 30.4 Å². The molecule has 9 nitrogen and oxygen atoms in total. The molecule has 202 valence electrons. The first-order valence-corrected chi connectivity index (χ1v) is 13.4. The van der Waals surface area contributed by atoms with Gasteiger partial charge in [-0.3, -0.25) is 14.4 Å². The Bertz CT molecular complexity index is 1090. The van der Waals surface area contributed by atoms with Crippen LogP contribution in [-0.4, -0.2) is 78.6 Å². The number of rotatable bonds is 4. The fourth-order valence-electron chi connectivity index (χ4n) is 7.73. The Kier molecular flexibility index (Phi) is 6.59. The molecule has 3 aliphatic carbocycles. The lowest BCUT2D eigenvalue weighted by Gasteiger charge is -2.56. The molecule has 0 aromatic rings. The Hall–Kier alpha value is -2.52. The zero-order valence-corrected chi connectivity index (χ0v) is 22.1. The molecule has 0 aromatic heterocycles. The largest absolute Gasteiger partial charge is 0.458 e. The fraction of sp³-hybridized carbons (Fsp3) is 0.714. The monoisotopic (exact) mass is 515 g/mol. The summed E-state index contributed by atoms with van der Waals surface area (Å²) in [6.45, 7) is 6.58. The number of carbonyl (C=O) groups is 4. The SMILES string of the molecule is COC[C@H]1OC(=O)C(=CN2CCCCC2)C2C(=O)C(=O)C3=C([C@H](OC(C)=O)C[C@@]4(C)C3CC[C@@H]4O)[C@]21C. The minimum absolute atomic E-state index is 0.0192. The van der Waals surface area contributed by atoms with Crippen LogP contribution in [0.2, 0.25) is 0 Å². The number of cyclic esters (lactones) is 1. The van der Waals surface area contributed by atoms with E-state index in [1.807, 2.05) is 18.7 Å². The number of hydrogen-bond donors (Lipinski definition) is 1. The minimum atomic E-state index is -1.15. The van der Waals surface area contributed by atoms with Crippen molar-refractivity contribution in [2.45, 2.75) is 77.6 Å². The summed E-state index contributed by atoms with van der Waals surface area (Å²) in [6, 6.07) is 0. The van der Waals surface area contributed by atoms with Gasteiger partial charge in [-0.2, -0.15) is 0 Å². The Morgan fingerprint density at radius 3 is 2.51 bits per heavy atom. The second-order valence-corrected chi connectivity index (χ2v) is 11.7. The zero-order chi connectivity index (χ0) is 26.7. The molecule has 3 fully saturated rings. The number of aliphatic hydroxyl groups is 1. The van der Waals surface area contributed by atoms with Crippen LogP contribution in [0.1, 0.15) is 59.3 Å². The van der Waals surface area contributed by atoms with Gasteiger partial charge in [0.2, 0.25) is 11.6 Å². The second kappa shape index (κ2) is 9.34. The molecular formula is C28H37NO8. The molecule has 7 atom stereocenters. The van der Waals surface area contributed by atoms with E-state index in [0.717, 1.165) is 32.4 Å². The maximum Gasteiger partial charge on any atom is 0.336 e. The number of fused-ring (bicyclic) bond motifs is 4. The number of piperidine rings is 1. The highest BCUT2D eigenvalue weighted by molar-refractivity contribution is 6.47. The standard InChI is InChI=1S/C28H37NO8/c1-15(30)36-18-12-27(2)17(8-9-19(27)31)21-23(18)28(3)20(14-35-4)37-26(34)16(22(28)25(33)24(21)32)13-29-10-6-5-7-11-29/h13,17-20,22,31H,5-12,14H2,1-4H3/t17?,18-,19+,20-,22?,27+,28+/m1/s1. The minimum Gasteiger partial charge on any atom is -0.458 e. The van der Waals surface area contributed by atoms with E-state index >= 15 is 0 Å². The summed E-state index contributed by atoms with van der Waals surface area (Å²) in [5, 5.41) is 10.9. The lowest BCUT2D eigenvalue weighted by Crippen LogP contribution is -2.63. The van der Waals surface area contributed by atoms with E-state index < -0.39 is 58.6 Å². The van der Waals surface area contributed by atoms with Gasteiger partial charge in [-0.15, -0.1) is 0 Å². The predicted molar refractivity (Wildman–Crippen MR) is 131 cm³/mol. The number of ether oxygens (including phenoxy) is 3. The predicted octanol–water partition coefficient (Wildman–Crippen LogP) is 2.11. The molecule has 2 heterocycles. The van der Waals surface area contributed by atoms with Crippen LogP contribution in [-0.2, 0) is 33.4 Å². The highest BCUT2D eigenvalue weighted by Crippen LogP contribution is 2.63. The van der Waals surface area contributed by atoms with Crippen molar-refractivity contribution in [3.63, 3.8) is 0 Å². The van der Waals surface area contributed by atoms with Crippen molar-refractivity contribution < 1.29 is 38.5 Å². The number of methoxy groups -OCH3 is 1. The number of esters is 2. The van der Waals surface area contributed by atoms with Gasteiger partial charge < -0.3 is 24.2 Å². The zero-order valence-electron chi connectivity index (χ0n) is 22.1. The topological polar surface area (TPSA) is 119 Å². The van der Waals surface area contributed by atoms with Crippen LogP contribution in [0, 0.1) is 22.7 Å². The van der Waals surface area contributed by atoms with Gasteiger partial charge in [0.25, 0.3) is 0 Å². The number of hydrogen-bond acceptors (Lipinski definition) is 9. The average Bonchev–Trinajstić information content (AvgIpc) is 3.14. The molecule has 0 radical (unpaired) electrons.